The Bertz CT molecular complexity index is 930. The van der Waals surface area contributed by atoms with Crippen LogP contribution in [0.25, 0.3) is 0 Å². The number of aromatic hydroxyl groups is 3. The first kappa shape index (κ1) is 16.3. The van der Waals surface area contributed by atoms with Crippen molar-refractivity contribution in [1.82, 2.24) is 0 Å². The third-order valence-corrected chi connectivity index (χ3v) is 5.13. The number of phenols is 3. The summed E-state index contributed by atoms with van der Waals surface area (Å²) in [5, 5.41) is 29.3. The van der Waals surface area contributed by atoms with Gasteiger partial charge in [0.15, 0.2) is 0 Å². The van der Waals surface area contributed by atoms with Crippen molar-refractivity contribution >= 4 is 0 Å². The van der Waals surface area contributed by atoms with Crippen molar-refractivity contribution in [3.8, 4) is 23.0 Å². The summed E-state index contributed by atoms with van der Waals surface area (Å²) in [5.74, 6) is 1.46. The topological polar surface area (TPSA) is 69.9 Å². The molecule has 0 radical (unpaired) electrons. The summed E-state index contributed by atoms with van der Waals surface area (Å²) in [6.07, 6.45) is 0. The van der Waals surface area contributed by atoms with Crippen LogP contribution < -0.4 is 4.74 Å². The van der Waals surface area contributed by atoms with E-state index in [1.165, 1.54) is 0 Å². The lowest BCUT2D eigenvalue weighted by atomic mass is 9.75. The van der Waals surface area contributed by atoms with Crippen LogP contribution in [0.2, 0.25) is 0 Å². The maximum Gasteiger partial charge on any atom is 0.129 e. The van der Waals surface area contributed by atoms with Crippen molar-refractivity contribution in [2.45, 2.75) is 18.8 Å². The Labute approximate surface area is 151 Å². The first-order valence-corrected chi connectivity index (χ1v) is 8.57. The van der Waals surface area contributed by atoms with Crippen molar-refractivity contribution < 1.29 is 20.1 Å². The molecule has 0 spiro atoms. The molecule has 0 bridgehead atoms. The maximum atomic E-state index is 10.0. The monoisotopic (exact) mass is 348 g/mol. The van der Waals surface area contributed by atoms with E-state index in [1.54, 1.807) is 30.3 Å². The third kappa shape index (κ3) is 2.73. The van der Waals surface area contributed by atoms with E-state index in [1.807, 2.05) is 37.3 Å². The Morgan fingerprint density at radius 1 is 0.769 bits per heavy atom. The van der Waals surface area contributed by atoms with Crippen molar-refractivity contribution in [2.75, 3.05) is 6.61 Å². The van der Waals surface area contributed by atoms with E-state index in [0.29, 0.717) is 6.61 Å². The molecule has 0 saturated carbocycles. The van der Waals surface area contributed by atoms with E-state index >= 15 is 0 Å². The van der Waals surface area contributed by atoms with Gasteiger partial charge in [0.1, 0.15) is 23.0 Å². The SMILES string of the molecule is Cc1c(O)ccc2c1OCC(c1ccc(O)cc1)C2c1ccc(O)cc1. The van der Waals surface area contributed by atoms with Crippen LogP contribution in [0.15, 0.2) is 60.7 Å². The van der Waals surface area contributed by atoms with Gasteiger partial charge in [-0.1, -0.05) is 30.3 Å². The van der Waals surface area contributed by atoms with Gasteiger partial charge in [0.2, 0.25) is 0 Å². The molecule has 0 saturated heterocycles. The second-order valence-corrected chi connectivity index (χ2v) is 6.71. The molecule has 4 rings (SSSR count). The highest BCUT2D eigenvalue weighted by atomic mass is 16.5. The van der Waals surface area contributed by atoms with Crippen molar-refractivity contribution in [3.63, 3.8) is 0 Å². The van der Waals surface area contributed by atoms with Gasteiger partial charge in [-0.15, -0.1) is 0 Å². The summed E-state index contributed by atoms with van der Waals surface area (Å²) in [7, 11) is 0. The van der Waals surface area contributed by atoms with Crippen LogP contribution in [0.3, 0.4) is 0 Å². The van der Waals surface area contributed by atoms with Gasteiger partial charge in [-0.25, -0.2) is 0 Å². The highest BCUT2D eigenvalue weighted by Crippen LogP contribution is 2.48. The van der Waals surface area contributed by atoms with E-state index < -0.39 is 0 Å². The molecule has 3 aromatic carbocycles. The fraction of sp³-hybridized carbons (Fsp3) is 0.182. The van der Waals surface area contributed by atoms with Crippen LogP contribution in [0, 0.1) is 6.92 Å². The van der Waals surface area contributed by atoms with Crippen molar-refractivity contribution in [1.29, 1.82) is 0 Å². The largest absolute Gasteiger partial charge is 0.508 e. The summed E-state index contributed by atoms with van der Waals surface area (Å²) in [6, 6.07) is 18.0. The van der Waals surface area contributed by atoms with Gasteiger partial charge in [0.25, 0.3) is 0 Å². The fourth-order valence-corrected chi connectivity index (χ4v) is 3.73. The molecule has 0 aliphatic carbocycles. The first-order chi connectivity index (χ1) is 12.5. The van der Waals surface area contributed by atoms with E-state index in [-0.39, 0.29) is 29.1 Å². The zero-order chi connectivity index (χ0) is 18.3. The quantitative estimate of drug-likeness (QED) is 0.641. The molecule has 0 aromatic heterocycles. The molecule has 1 aliphatic rings. The molecule has 0 amide bonds. The molecule has 4 nitrogen and oxygen atoms in total. The van der Waals surface area contributed by atoms with Crippen LogP contribution in [0.5, 0.6) is 23.0 Å². The minimum absolute atomic E-state index is 0.0168. The lowest BCUT2D eigenvalue weighted by Gasteiger charge is -2.35. The molecule has 1 aliphatic heterocycles. The Hall–Kier alpha value is -3.14. The molecule has 2 unspecified atom stereocenters. The highest BCUT2D eigenvalue weighted by Gasteiger charge is 2.34. The summed E-state index contributed by atoms with van der Waals surface area (Å²) in [4.78, 5) is 0. The van der Waals surface area contributed by atoms with Crippen LogP contribution in [-0.2, 0) is 0 Å². The van der Waals surface area contributed by atoms with Gasteiger partial charge in [0, 0.05) is 23.0 Å². The summed E-state index contributed by atoms with van der Waals surface area (Å²) >= 11 is 0. The predicted molar refractivity (Wildman–Crippen MR) is 99.1 cm³/mol. The summed E-state index contributed by atoms with van der Waals surface area (Å²) in [5.41, 5.74) is 3.87. The minimum atomic E-state index is 0.0168. The highest BCUT2D eigenvalue weighted by molar-refractivity contribution is 5.55. The molecule has 4 heteroatoms. The number of phenolic OH excluding ortho intramolecular Hbond substituents is 3. The normalized spacial score (nSPS) is 18.8. The van der Waals surface area contributed by atoms with Gasteiger partial charge >= 0.3 is 0 Å². The van der Waals surface area contributed by atoms with Gasteiger partial charge in [-0.3, -0.25) is 0 Å². The molecular formula is C22H20O4. The standard InChI is InChI=1S/C22H20O4/c1-13-20(25)11-10-18-21(15-4-8-17(24)9-5-15)19(12-26-22(13)18)14-2-6-16(23)7-3-14/h2-11,19,21,23-25H,12H2,1H3. The lowest BCUT2D eigenvalue weighted by Crippen LogP contribution is -2.25. The maximum absolute atomic E-state index is 10.0. The summed E-state index contributed by atoms with van der Waals surface area (Å²) in [6.45, 7) is 2.32. The van der Waals surface area contributed by atoms with E-state index in [2.05, 4.69) is 0 Å². The first-order valence-electron chi connectivity index (χ1n) is 8.57. The number of ether oxygens (including phenoxy) is 1. The Kier molecular flexibility index (Phi) is 3.96. The number of hydrogen-bond donors (Lipinski definition) is 3. The van der Waals surface area contributed by atoms with Gasteiger partial charge in [0.05, 0.1) is 6.61 Å². The zero-order valence-corrected chi connectivity index (χ0v) is 14.4. The van der Waals surface area contributed by atoms with Crippen LogP contribution in [-0.4, -0.2) is 21.9 Å². The molecule has 3 N–H and O–H groups in total. The van der Waals surface area contributed by atoms with Crippen molar-refractivity contribution in [2.24, 2.45) is 0 Å². The average Bonchev–Trinajstić information content (AvgIpc) is 2.65. The average molecular weight is 348 g/mol. The second-order valence-electron chi connectivity index (χ2n) is 6.71. The number of hydrogen-bond acceptors (Lipinski definition) is 4. The Morgan fingerprint density at radius 3 is 1.96 bits per heavy atom. The Balaban J connectivity index is 1.87. The van der Waals surface area contributed by atoms with Gasteiger partial charge in [-0.2, -0.15) is 0 Å². The molecule has 2 atom stereocenters. The zero-order valence-electron chi connectivity index (χ0n) is 14.4. The molecule has 1 heterocycles. The van der Waals surface area contributed by atoms with Crippen LogP contribution >= 0.6 is 0 Å². The number of benzene rings is 3. The number of fused-ring (bicyclic) bond motifs is 1. The predicted octanol–water partition coefficient (Wildman–Crippen LogP) is 4.42. The van der Waals surface area contributed by atoms with Crippen molar-refractivity contribution in [3.05, 3.63) is 82.9 Å². The fourth-order valence-electron chi connectivity index (χ4n) is 3.73. The van der Waals surface area contributed by atoms with E-state index in [9.17, 15) is 15.3 Å². The smallest absolute Gasteiger partial charge is 0.129 e. The van der Waals surface area contributed by atoms with Gasteiger partial charge < -0.3 is 20.1 Å². The van der Waals surface area contributed by atoms with Crippen LogP contribution in [0.4, 0.5) is 0 Å². The molecule has 132 valence electrons. The molecular weight excluding hydrogens is 328 g/mol. The lowest BCUT2D eigenvalue weighted by molar-refractivity contribution is 0.245. The Morgan fingerprint density at radius 2 is 1.35 bits per heavy atom. The van der Waals surface area contributed by atoms with E-state index in [4.69, 9.17) is 4.74 Å². The van der Waals surface area contributed by atoms with Gasteiger partial charge in [-0.05, 0) is 48.4 Å². The minimum Gasteiger partial charge on any atom is -0.508 e. The molecule has 0 fully saturated rings. The number of rotatable bonds is 2. The summed E-state index contributed by atoms with van der Waals surface area (Å²) < 4.78 is 6.04. The molecule has 3 aromatic rings. The van der Waals surface area contributed by atoms with Crippen LogP contribution in [0.1, 0.15) is 34.1 Å². The third-order valence-electron chi connectivity index (χ3n) is 5.13. The molecule has 26 heavy (non-hydrogen) atoms. The second kappa shape index (κ2) is 6.30. The van der Waals surface area contributed by atoms with E-state index in [0.717, 1.165) is 28.0 Å².